The van der Waals surface area contributed by atoms with Crippen LogP contribution < -0.4 is 5.32 Å². The molecule has 0 spiro atoms. The Morgan fingerprint density at radius 3 is 2.62 bits per heavy atom. The van der Waals surface area contributed by atoms with Gasteiger partial charge >= 0.3 is 0 Å². The van der Waals surface area contributed by atoms with Crippen molar-refractivity contribution in [3.63, 3.8) is 0 Å². The lowest BCUT2D eigenvalue weighted by atomic mass is 9.61. The first-order valence-corrected chi connectivity index (χ1v) is 7.78. The van der Waals surface area contributed by atoms with Crippen LogP contribution in [-0.4, -0.2) is 25.5 Å². The molecule has 1 saturated heterocycles. The zero-order chi connectivity index (χ0) is 15.6. The summed E-state index contributed by atoms with van der Waals surface area (Å²) in [7, 11) is 1.61. The van der Waals surface area contributed by atoms with E-state index in [-0.39, 0.29) is 24.2 Å². The number of nitrogens with one attached hydrogen (secondary N) is 1. The number of ether oxygens (including phenoxy) is 1. The van der Waals surface area contributed by atoms with E-state index in [1.807, 2.05) is 38.1 Å². The minimum absolute atomic E-state index is 0.129. The number of hydrogen-bond donors (Lipinski definition) is 1. The van der Waals surface area contributed by atoms with Crippen molar-refractivity contribution in [1.82, 2.24) is 5.32 Å². The molecule has 2 atom stereocenters. The second-order valence-corrected chi connectivity index (χ2v) is 6.72. The van der Waals surface area contributed by atoms with Gasteiger partial charge in [-0.3, -0.25) is 14.9 Å². The molecule has 2 unspecified atom stereocenters. The molecule has 1 aromatic rings. The van der Waals surface area contributed by atoms with Gasteiger partial charge in [0.1, 0.15) is 0 Å². The minimum atomic E-state index is -0.530. The first kappa shape index (κ1) is 16.2. The predicted octanol–water partition coefficient (Wildman–Crippen LogP) is 2.87. The standard InChI is InChI=1S/C16H20BrNO3/c1-10(2)16(9-21-3)8-13(19)18-15(20)14(16)11-6-4-5-7-12(11)17/h4-7,10,14H,8-9H2,1-3H3,(H,18,19,20). The molecule has 114 valence electrons. The minimum Gasteiger partial charge on any atom is -0.384 e. The number of piperidine rings is 1. The summed E-state index contributed by atoms with van der Waals surface area (Å²) in [5, 5.41) is 2.47. The first-order chi connectivity index (χ1) is 9.92. The summed E-state index contributed by atoms with van der Waals surface area (Å²) < 4.78 is 6.26. The van der Waals surface area contributed by atoms with Gasteiger partial charge in [0.15, 0.2) is 0 Å². The van der Waals surface area contributed by atoms with Gasteiger partial charge in [-0.15, -0.1) is 0 Å². The molecule has 1 N–H and O–H groups in total. The summed E-state index contributed by atoms with van der Waals surface area (Å²) in [5.74, 6) is -0.756. The number of benzene rings is 1. The Morgan fingerprint density at radius 2 is 2.05 bits per heavy atom. The van der Waals surface area contributed by atoms with Gasteiger partial charge in [-0.25, -0.2) is 0 Å². The van der Waals surface area contributed by atoms with Crippen LogP contribution in [0.15, 0.2) is 28.7 Å². The molecule has 1 aliphatic heterocycles. The highest BCUT2D eigenvalue weighted by atomic mass is 79.9. The van der Waals surface area contributed by atoms with Crippen molar-refractivity contribution >= 4 is 27.7 Å². The third-order valence-electron chi connectivity index (χ3n) is 4.37. The summed E-state index contributed by atoms with van der Waals surface area (Å²) in [5.41, 5.74) is 0.367. The topological polar surface area (TPSA) is 55.4 Å². The maximum absolute atomic E-state index is 12.5. The molecule has 5 heteroatoms. The number of imide groups is 1. The lowest BCUT2D eigenvalue weighted by Gasteiger charge is -2.45. The van der Waals surface area contributed by atoms with Gasteiger partial charge in [0, 0.05) is 23.4 Å². The van der Waals surface area contributed by atoms with Gasteiger partial charge < -0.3 is 4.74 Å². The highest BCUT2D eigenvalue weighted by molar-refractivity contribution is 9.10. The number of carbonyl (C=O) groups excluding carboxylic acids is 2. The van der Waals surface area contributed by atoms with Crippen LogP contribution in [0.4, 0.5) is 0 Å². The Labute approximate surface area is 133 Å². The zero-order valence-electron chi connectivity index (χ0n) is 12.5. The van der Waals surface area contributed by atoms with Crippen LogP contribution >= 0.6 is 15.9 Å². The molecule has 0 radical (unpaired) electrons. The number of methoxy groups -OCH3 is 1. The average molecular weight is 354 g/mol. The van der Waals surface area contributed by atoms with Crippen LogP contribution in [0.5, 0.6) is 0 Å². The SMILES string of the molecule is COCC1(C(C)C)CC(=O)NC(=O)C1c1ccccc1Br. The van der Waals surface area contributed by atoms with E-state index in [9.17, 15) is 9.59 Å². The van der Waals surface area contributed by atoms with Crippen molar-refractivity contribution in [2.45, 2.75) is 26.2 Å². The van der Waals surface area contributed by atoms with Crippen LogP contribution in [0.1, 0.15) is 31.7 Å². The fraction of sp³-hybridized carbons (Fsp3) is 0.500. The highest BCUT2D eigenvalue weighted by Gasteiger charge is 2.51. The molecule has 0 saturated carbocycles. The second kappa shape index (κ2) is 6.28. The Morgan fingerprint density at radius 1 is 1.38 bits per heavy atom. The average Bonchev–Trinajstić information content (AvgIpc) is 2.40. The van der Waals surface area contributed by atoms with Gasteiger partial charge in [-0.05, 0) is 17.5 Å². The fourth-order valence-electron chi connectivity index (χ4n) is 3.18. The van der Waals surface area contributed by atoms with Gasteiger partial charge in [0.05, 0.1) is 12.5 Å². The van der Waals surface area contributed by atoms with E-state index in [2.05, 4.69) is 21.2 Å². The van der Waals surface area contributed by atoms with Gasteiger partial charge in [-0.1, -0.05) is 48.0 Å². The Balaban J connectivity index is 2.59. The zero-order valence-corrected chi connectivity index (χ0v) is 14.1. The maximum atomic E-state index is 12.5. The van der Waals surface area contributed by atoms with E-state index in [4.69, 9.17) is 4.74 Å². The molecular weight excluding hydrogens is 334 g/mol. The summed E-state index contributed by atoms with van der Waals surface area (Å²) in [6, 6.07) is 7.66. The monoisotopic (exact) mass is 353 g/mol. The van der Waals surface area contributed by atoms with Crippen molar-refractivity contribution < 1.29 is 14.3 Å². The molecule has 2 amide bonds. The molecule has 0 bridgehead atoms. The number of amides is 2. The summed E-state index contributed by atoms with van der Waals surface area (Å²) in [6.45, 7) is 4.44. The molecule has 1 heterocycles. The molecular formula is C16H20BrNO3. The quantitative estimate of drug-likeness (QED) is 0.846. The highest BCUT2D eigenvalue weighted by Crippen LogP contribution is 2.49. The van der Waals surface area contributed by atoms with Gasteiger partial charge in [0.25, 0.3) is 0 Å². The maximum Gasteiger partial charge on any atom is 0.234 e. The van der Waals surface area contributed by atoms with E-state index in [0.29, 0.717) is 6.61 Å². The van der Waals surface area contributed by atoms with Crippen molar-refractivity contribution in [2.24, 2.45) is 11.3 Å². The smallest absolute Gasteiger partial charge is 0.234 e. The Kier molecular flexibility index (Phi) is 4.84. The number of hydrogen-bond acceptors (Lipinski definition) is 3. The van der Waals surface area contributed by atoms with E-state index in [1.54, 1.807) is 7.11 Å². The van der Waals surface area contributed by atoms with Crippen LogP contribution in [-0.2, 0) is 14.3 Å². The fourth-order valence-corrected chi connectivity index (χ4v) is 3.70. The Hall–Kier alpha value is -1.20. The summed E-state index contributed by atoms with van der Waals surface area (Å²) in [4.78, 5) is 24.5. The molecule has 2 rings (SSSR count). The first-order valence-electron chi connectivity index (χ1n) is 6.99. The van der Waals surface area contributed by atoms with Crippen molar-refractivity contribution in [2.75, 3.05) is 13.7 Å². The van der Waals surface area contributed by atoms with Crippen molar-refractivity contribution in [3.8, 4) is 0 Å². The second-order valence-electron chi connectivity index (χ2n) is 5.86. The number of carbonyl (C=O) groups is 2. The van der Waals surface area contributed by atoms with E-state index in [1.165, 1.54) is 0 Å². The molecule has 0 aromatic heterocycles. The van der Waals surface area contributed by atoms with Crippen molar-refractivity contribution in [1.29, 1.82) is 0 Å². The largest absolute Gasteiger partial charge is 0.384 e. The van der Waals surface area contributed by atoms with Gasteiger partial charge in [0.2, 0.25) is 11.8 Å². The number of rotatable bonds is 4. The van der Waals surface area contributed by atoms with E-state index in [0.717, 1.165) is 10.0 Å². The van der Waals surface area contributed by atoms with Crippen LogP contribution in [0.3, 0.4) is 0 Å². The molecule has 0 aliphatic carbocycles. The molecule has 1 aliphatic rings. The van der Waals surface area contributed by atoms with E-state index >= 15 is 0 Å². The summed E-state index contributed by atoms with van der Waals surface area (Å²) in [6.07, 6.45) is 0.288. The van der Waals surface area contributed by atoms with Crippen molar-refractivity contribution in [3.05, 3.63) is 34.3 Å². The summed E-state index contributed by atoms with van der Waals surface area (Å²) >= 11 is 3.52. The van der Waals surface area contributed by atoms with E-state index < -0.39 is 11.3 Å². The lowest BCUT2D eigenvalue weighted by molar-refractivity contribution is -0.145. The molecule has 21 heavy (non-hydrogen) atoms. The number of halogens is 1. The normalized spacial score (nSPS) is 26.0. The molecule has 1 fully saturated rings. The molecule has 4 nitrogen and oxygen atoms in total. The predicted molar refractivity (Wildman–Crippen MR) is 83.8 cm³/mol. The van der Waals surface area contributed by atoms with Gasteiger partial charge in [-0.2, -0.15) is 0 Å². The molecule has 1 aromatic carbocycles. The Bertz CT molecular complexity index is 558. The van der Waals surface area contributed by atoms with Crippen LogP contribution in [0.2, 0.25) is 0 Å². The van der Waals surface area contributed by atoms with Crippen LogP contribution in [0.25, 0.3) is 0 Å². The van der Waals surface area contributed by atoms with Crippen LogP contribution in [0, 0.1) is 11.3 Å². The lowest BCUT2D eigenvalue weighted by Crippen LogP contribution is -2.54. The third kappa shape index (κ3) is 2.90. The third-order valence-corrected chi connectivity index (χ3v) is 5.09.